The first-order valence-electron chi connectivity index (χ1n) is 5.90. The SMILES string of the molecule is OCC(Cc1ccc(F)cc1Br)c1ccc(F)cc1. The van der Waals surface area contributed by atoms with Crippen molar-refractivity contribution in [3.05, 3.63) is 69.7 Å². The molecule has 100 valence electrons. The van der Waals surface area contributed by atoms with Gasteiger partial charge in [0.05, 0.1) is 6.61 Å². The van der Waals surface area contributed by atoms with Gasteiger partial charge in [-0.1, -0.05) is 34.1 Å². The van der Waals surface area contributed by atoms with E-state index in [1.807, 2.05) is 0 Å². The Balaban J connectivity index is 2.21. The van der Waals surface area contributed by atoms with E-state index in [9.17, 15) is 13.9 Å². The van der Waals surface area contributed by atoms with Crippen LogP contribution < -0.4 is 0 Å². The number of hydrogen-bond donors (Lipinski definition) is 1. The summed E-state index contributed by atoms with van der Waals surface area (Å²) in [5, 5.41) is 9.47. The van der Waals surface area contributed by atoms with Gasteiger partial charge in [0.1, 0.15) is 11.6 Å². The van der Waals surface area contributed by atoms with E-state index in [0.29, 0.717) is 10.9 Å². The van der Waals surface area contributed by atoms with Crippen molar-refractivity contribution in [3.8, 4) is 0 Å². The monoisotopic (exact) mass is 326 g/mol. The highest BCUT2D eigenvalue weighted by Gasteiger charge is 2.13. The summed E-state index contributed by atoms with van der Waals surface area (Å²) in [6.07, 6.45) is 0.559. The lowest BCUT2D eigenvalue weighted by molar-refractivity contribution is 0.264. The lowest BCUT2D eigenvalue weighted by atomic mass is 9.93. The molecule has 1 unspecified atom stereocenters. The average Bonchev–Trinajstić information content (AvgIpc) is 2.39. The van der Waals surface area contributed by atoms with Crippen LogP contribution in [0.4, 0.5) is 8.78 Å². The van der Waals surface area contributed by atoms with Gasteiger partial charge < -0.3 is 5.11 Å². The molecule has 0 saturated carbocycles. The van der Waals surface area contributed by atoms with E-state index in [0.717, 1.165) is 11.1 Å². The van der Waals surface area contributed by atoms with E-state index in [-0.39, 0.29) is 24.2 Å². The number of rotatable bonds is 4. The molecule has 1 N–H and O–H groups in total. The summed E-state index contributed by atoms with van der Waals surface area (Å²) < 4.78 is 26.6. The minimum absolute atomic E-state index is 0.0462. The molecular formula is C15H13BrF2O. The van der Waals surface area contributed by atoms with Gasteiger partial charge in [-0.05, 0) is 41.8 Å². The molecular weight excluding hydrogens is 314 g/mol. The van der Waals surface area contributed by atoms with Gasteiger partial charge in [0, 0.05) is 10.4 Å². The van der Waals surface area contributed by atoms with Gasteiger partial charge in [-0.3, -0.25) is 0 Å². The van der Waals surface area contributed by atoms with Crippen LogP contribution >= 0.6 is 15.9 Å². The van der Waals surface area contributed by atoms with E-state index in [1.54, 1.807) is 18.2 Å². The Morgan fingerprint density at radius 2 is 1.63 bits per heavy atom. The Bertz CT molecular complexity index is 555. The summed E-state index contributed by atoms with van der Waals surface area (Å²) >= 11 is 3.31. The van der Waals surface area contributed by atoms with Gasteiger partial charge in [0.2, 0.25) is 0 Å². The highest BCUT2D eigenvalue weighted by Crippen LogP contribution is 2.26. The highest BCUT2D eigenvalue weighted by molar-refractivity contribution is 9.10. The largest absolute Gasteiger partial charge is 0.396 e. The summed E-state index contributed by atoms with van der Waals surface area (Å²) in [5.41, 5.74) is 1.77. The third-order valence-corrected chi connectivity index (χ3v) is 3.78. The molecule has 0 saturated heterocycles. The van der Waals surface area contributed by atoms with Crippen LogP contribution in [0, 0.1) is 11.6 Å². The summed E-state index contributed by atoms with van der Waals surface area (Å²) in [5.74, 6) is -0.747. The van der Waals surface area contributed by atoms with E-state index in [1.165, 1.54) is 24.3 Å². The second-order valence-corrected chi connectivity index (χ2v) is 5.23. The second kappa shape index (κ2) is 6.26. The van der Waals surface area contributed by atoms with Crippen LogP contribution in [-0.4, -0.2) is 11.7 Å². The van der Waals surface area contributed by atoms with Crippen LogP contribution in [0.25, 0.3) is 0 Å². The van der Waals surface area contributed by atoms with Crippen molar-refractivity contribution in [1.29, 1.82) is 0 Å². The van der Waals surface area contributed by atoms with Crippen molar-refractivity contribution in [1.82, 2.24) is 0 Å². The molecule has 2 aromatic rings. The molecule has 0 radical (unpaired) electrons. The number of halogens is 3. The zero-order chi connectivity index (χ0) is 13.8. The molecule has 0 bridgehead atoms. The Morgan fingerprint density at radius 1 is 1.00 bits per heavy atom. The molecule has 0 amide bonds. The molecule has 4 heteroatoms. The Labute approximate surface area is 119 Å². The van der Waals surface area contributed by atoms with E-state index >= 15 is 0 Å². The average molecular weight is 327 g/mol. The standard InChI is InChI=1S/C15H13BrF2O/c16-15-8-14(18)6-3-11(15)7-12(9-19)10-1-4-13(17)5-2-10/h1-6,8,12,19H,7,9H2. The van der Waals surface area contributed by atoms with Gasteiger partial charge in [0.25, 0.3) is 0 Å². The van der Waals surface area contributed by atoms with Gasteiger partial charge >= 0.3 is 0 Å². The molecule has 0 aliphatic carbocycles. The number of aliphatic hydroxyl groups excluding tert-OH is 1. The molecule has 0 heterocycles. The molecule has 0 aromatic heterocycles. The lowest BCUT2D eigenvalue weighted by Crippen LogP contribution is -2.08. The van der Waals surface area contributed by atoms with Crippen LogP contribution in [0.15, 0.2) is 46.9 Å². The molecule has 1 atom stereocenters. The summed E-state index contributed by atoms with van der Waals surface area (Å²) in [6.45, 7) is -0.0462. The molecule has 2 aromatic carbocycles. The number of benzene rings is 2. The van der Waals surface area contributed by atoms with Crippen molar-refractivity contribution in [2.75, 3.05) is 6.61 Å². The quantitative estimate of drug-likeness (QED) is 0.898. The summed E-state index contributed by atoms with van der Waals surface area (Å²) in [4.78, 5) is 0. The number of aliphatic hydroxyl groups is 1. The zero-order valence-electron chi connectivity index (χ0n) is 10.1. The molecule has 1 nitrogen and oxygen atoms in total. The predicted octanol–water partition coefficient (Wildman–Crippen LogP) is 4.05. The molecule has 0 aliphatic rings. The third-order valence-electron chi connectivity index (χ3n) is 3.04. The maximum atomic E-state index is 13.0. The Hall–Kier alpha value is -1.26. The van der Waals surface area contributed by atoms with E-state index in [2.05, 4.69) is 15.9 Å². The van der Waals surface area contributed by atoms with Crippen molar-refractivity contribution in [2.45, 2.75) is 12.3 Å². The van der Waals surface area contributed by atoms with Crippen LogP contribution in [0.3, 0.4) is 0 Å². The van der Waals surface area contributed by atoms with Gasteiger partial charge in [0.15, 0.2) is 0 Å². The van der Waals surface area contributed by atoms with Crippen LogP contribution in [-0.2, 0) is 6.42 Å². The van der Waals surface area contributed by atoms with Crippen LogP contribution in [0.2, 0.25) is 0 Å². The minimum atomic E-state index is -0.307. The fourth-order valence-electron chi connectivity index (χ4n) is 1.98. The van der Waals surface area contributed by atoms with Gasteiger partial charge in [-0.25, -0.2) is 8.78 Å². The topological polar surface area (TPSA) is 20.2 Å². The molecule has 0 spiro atoms. The van der Waals surface area contributed by atoms with E-state index < -0.39 is 0 Å². The fourth-order valence-corrected chi connectivity index (χ4v) is 2.49. The first-order chi connectivity index (χ1) is 9.10. The summed E-state index contributed by atoms with van der Waals surface area (Å²) in [6, 6.07) is 10.5. The van der Waals surface area contributed by atoms with Gasteiger partial charge in [-0.2, -0.15) is 0 Å². The second-order valence-electron chi connectivity index (χ2n) is 4.37. The maximum Gasteiger partial charge on any atom is 0.124 e. The molecule has 0 fully saturated rings. The van der Waals surface area contributed by atoms with Crippen molar-refractivity contribution >= 4 is 15.9 Å². The van der Waals surface area contributed by atoms with Crippen LogP contribution in [0.5, 0.6) is 0 Å². The Morgan fingerprint density at radius 3 is 2.21 bits per heavy atom. The lowest BCUT2D eigenvalue weighted by Gasteiger charge is -2.15. The fraction of sp³-hybridized carbons (Fsp3) is 0.200. The highest BCUT2D eigenvalue weighted by atomic mass is 79.9. The predicted molar refractivity (Wildman–Crippen MR) is 74.0 cm³/mol. The smallest absolute Gasteiger partial charge is 0.124 e. The Kier molecular flexibility index (Phi) is 4.66. The number of hydrogen-bond acceptors (Lipinski definition) is 1. The summed E-state index contributed by atoms with van der Waals surface area (Å²) in [7, 11) is 0. The van der Waals surface area contributed by atoms with Crippen molar-refractivity contribution < 1.29 is 13.9 Å². The maximum absolute atomic E-state index is 13.0. The molecule has 19 heavy (non-hydrogen) atoms. The van der Waals surface area contributed by atoms with E-state index in [4.69, 9.17) is 0 Å². The van der Waals surface area contributed by atoms with Crippen LogP contribution in [0.1, 0.15) is 17.0 Å². The molecule has 2 rings (SSSR count). The van der Waals surface area contributed by atoms with Crippen molar-refractivity contribution in [3.63, 3.8) is 0 Å². The normalized spacial score (nSPS) is 12.4. The first kappa shape index (κ1) is 14.2. The third kappa shape index (κ3) is 3.61. The van der Waals surface area contributed by atoms with Gasteiger partial charge in [-0.15, -0.1) is 0 Å². The first-order valence-corrected chi connectivity index (χ1v) is 6.69. The minimum Gasteiger partial charge on any atom is -0.396 e. The van der Waals surface area contributed by atoms with Crippen molar-refractivity contribution in [2.24, 2.45) is 0 Å². The molecule has 0 aliphatic heterocycles. The zero-order valence-corrected chi connectivity index (χ0v) is 11.7.